The van der Waals surface area contributed by atoms with Gasteiger partial charge in [0.1, 0.15) is 0 Å². The molecule has 0 atom stereocenters. The van der Waals surface area contributed by atoms with Crippen LogP contribution in [0.5, 0.6) is 0 Å². The van der Waals surface area contributed by atoms with E-state index in [9.17, 15) is 4.79 Å². The Bertz CT molecular complexity index is 552. The van der Waals surface area contributed by atoms with E-state index in [4.69, 9.17) is 11.6 Å². The molecule has 0 aliphatic rings. The van der Waals surface area contributed by atoms with Crippen LogP contribution >= 0.6 is 11.6 Å². The van der Waals surface area contributed by atoms with Crippen LogP contribution in [0.4, 0.5) is 5.82 Å². The normalized spacial score (nSPS) is 10.5. The summed E-state index contributed by atoms with van der Waals surface area (Å²) in [6.07, 6.45) is 3.16. The summed E-state index contributed by atoms with van der Waals surface area (Å²) in [7, 11) is 0. The van der Waals surface area contributed by atoms with Crippen molar-refractivity contribution >= 4 is 29.4 Å². The number of hydrogen-bond donors (Lipinski definition) is 1. The van der Waals surface area contributed by atoms with Gasteiger partial charge >= 0.3 is 0 Å². The molecule has 0 bridgehead atoms. The standard InChI is InChI=1S/C13H10ClN3O/c14-11-7-8-12(17-16-11)15-13(18)9-6-10-4-2-1-3-5-10/h1-9H,(H,15,17,18)/b9-6+. The van der Waals surface area contributed by atoms with Crippen LogP contribution in [0.2, 0.25) is 5.15 Å². The first-order chi connectivity index (χ1) is 8.74. The SMILES string of the molecule is O=C(/C=C/c1ccccc1)Nc1ccc(Cl)nn1. The highest BCUT2D eigenvalue weighted by molar-refractivity contribution is 6.29. The Kier molecular flexibility index (Phi) is 4.04. The number of anilines is 1. The van der Waals surface area contributed by atoms with Crippen LogP contribution in [0.25, 0.3) is 6.08 Å². The third-order valence-corrected chi connectivity index (χ3v) is 2.31. The van der Waals surface area contributed by atoms with Crippen LogP contribution in [0, 0.1) is 0 Å². The fourth-order valence-electron chi connectivity index (χ4n) is 1.29. The molecule has 0 saturated carbocycles. The number of benzene rings is 1. The van der Waals surface area contributed by atoms with Gasteiger partial charge in [-0.25, -0.2) is 0 Å². The molecule has 0 spiro atoms. The van der Waals surface area contributed by atoms with Gasteiger partial charge in [0, 0.05) is 6.08 Å². The van der Waals surface area contributed by atoms with Gasteiger partial charge in [-0.1, -0.05) is 41.9 Å². The summed E-state index contributed by atoms with van der Waals surface area (Å²) in [6, 6.07) is 12.7. The molecule has 18 heavy (non-hydrogen) atoms. The summed E-state index contributed by atoms with van der Waals surface area (Å²) >= 11 is 5.59. The van der Waals surface area contributed by atoms with Crippen molar-refractivity contribution in [3.05, 3.63) is 59.3 Å². The summed E-state index contributed by atoms with van der Waals surface area (Å²) in [5.74, 6) is 0.0950. The molecule has 90 valence electrons. The van der Waals surface area contributed by atoms with Crippen molar-refractivity contribution in [3.63, 3.8) is 0 Å². The number of amides is 1. The lowest BCUT2D eigenvalue weighted by atomic mass is 10.2. The summed E-state index contributed by atoms with van der Waals surface area (Å²) in [5, 5.41) is 10.2. The van der Waals surface area contributed by atoms with Crippen molar-refractivity contribution in [1.82, 2.24) is 10.2 Å². The molecule has 0 aliphatic heterocycles. The van der Waals surface area contributed by atoms with Gasteiger partial charge in [-0.2, -0.15) is 0 Å². The highest BCUT2D eigenvalue weighted by Gasteiger charge is 1.99. The maximum atomic E-state index is 11.6. The Morgan fingerprint density at radius 2 is 1.89 bits per heavy atom. The van der Waals surface area contributed by atoms with E-state index in [-0.39, 0.29) is 11.1 Å². The van der Waals surface area contributed by atoms with E-state index < -0.39 is 0 Å². The topological polar surface area (TPSA) is 54.9 Å². The van der Waals surface area contributed by atoms with Crippen molar-refractivity contribution in [3.8, 4) is 0 Å². The number of nitrogens with zero attached hydrogens (tertiary/aromatic N) is 2. The number of carbonyl (C=O) groups is 1. The van der Waals surface area contributed by atoms with Crippen molar-refractivity contribution in [2.45, 2.75) is 0 Å². The zero-order valence-electron chi connectivity index (χ0n) is 9.38. The van der Waals surface area contributed by atoms with Crippen molar-refractivity contribution in [2.75, 3.05) is 5.32 Å². The number of hydrogen-bond acceptors (Lipinski definition) is 3. The van der Waals surface area contributed by atoms with Gasteiger partial charge in [0.2, 0.25) is 5.91 Å². The van der Waals surface area contributed by atoms with Gasteiger partial charge in [-0.3, -0.25) is 4.79 Å². The number of halogens is 1. The van der Waals surface area contributed by atoms with Crippen LogP contribution in [0.15, 0.2) is 48.5 Å². The highest BCUT2D eigenvalue weighted by atomic mass is 35.5. The lowest BCUT2D eigenvalue weighted by Crippen LogP contribution is -2.09. The van der Waals surface area contributed by atoms with Gasteiger partial charge in [0.05, 0.1) is 0 Å². The first-order valence-electron chi connectivity index (χ1n) is 5.27. The van der Waals surface area contributed by atoms with E-state index in [1.54, 1.807) is 18.2 Å². The molecule has 0 unspecified atom stereocenters. The fourth-order valence-corrected chi connectivity index (χ4v) is 1.39. The predicted molar refractivity (Wildman–Crippen MR) is 71.1 cm³/mol. The minimum absolute atomic E-state index is 0.268. The Morgan fingerprint density at radius 3 is 2.56 bits per heavy atom. The quantitative estimate of drug-likeness (QED) is 0.863. The molecule has 1 aromatic carbocycles. The van der Waals surface area contributed by atoms with Crippen molar-refractivity contribution in [1.29, 1.82) is 0 Å². The predicted octanol–water partition coefficient (Wildman–Crippen LogP) is 2.78. The average molecular weight is 260 g/mol. The molecule has 1 heterocycles. The van der Waals surface area contributed by atoms with E-state index in [0.29, 0.717) is 5.82 Å². The Balaban J connectivity index is 1.97. The number of nitrogens with one attached hydrogen (secondary N) is 1. The van der Waals surface area contributed by atoms with Crippen LogP contribution in [0.1, 0.15) is 5.56 Å². The second-order valence-corrected chi connectivity index (χ2v) is 3.86. The molecule has 0 fully saturated rings. The first kappa shape index (κ1) is 12.3. The molecule has 4 nitrogen and oxygen atoms in total. The minimum Gasteiger partial charge on any atom is -0.306 e. The van der Waals surface area contributed by atoms with Crippen LogP contribution in [-0.4, -0.2) is 16.1 Å². The summed E-state index contributed by atoms with van der Waals surface area (Å²) in [5.41, 5.74) is 0.954. The molecule has 2 aromatic rings. The van der Waals surface area contributed by atoms with E-state index in [1.807, 2.05) is 30.3 Å². The largest absolute Gasteiger partial charge is 0.306 e. The van der Waals surface area contributed by atoms with Gasteiger partial charge in [0.15, 0.2) is 11.0 Å². The maximum absolute atomic E-state index is 11.6. The van der Waals surface area contributed by atoms with E-state index in [1.165, 1.54) is 6.08 Å². The second kappa shape index (κ2) is 5.93. The molecule has 1 aromatic heterocycles. The van der Waals surface area contributed by atoms with Gasteiger partial charge in [-0.05, 0) is 23.8 Å². The Hall–Kier alpha value is -2.20. The first-order valence-corrected chi connectivity index (χ1v) is 5.65. The van der Waals surface area contributed by atoms with Crippen LogP contribution < -0.4 is 5.32 Å². The maximum Gasteiger partial charge on any atom is 0.249 e. The summed E-state index contributed by atoms with van der Waals surface area (Å²) in [6.45, 7) is 0. The number of carbonyl (C=O) groups excluding carboxylic acids is 1. The molecule has 0 aliphatic carbocycles. The lowest BCUT2D eigenvalue weighted by molar-refractivity contribution is -0.111. The number of rotatable bonds is 3. The van der Waals surface area contributed by atoms with Crippen molar-refractivity contribution < 1.29 is 4.79 Å². The zero-order valence-corrected chi connectivity index (χ0v) is 10.1. The molecule has 5 heteroatoms. The number of aromatic nitrogens is 2. The molecule has 1 N–H and O–H groups in total. The molecule has 0 radical (unpaired) electrons. The molecule has 2 rings (SSSR count). The van der Waals surface area contributed by atoms with Crippen LogP contribution in [-0.2, 0) is 4.79 Å². The molecule has 1 amide bonds. The minimum atomic E-state index is -0.268. The van der Waals surface area contributed by atoms with Crippen molar-refractivity contribution in [2.24, 2.45) is 0 Å². The molecule has 0 saturated heterocycles. The molecular formula is C13H10ClN3O. The van der Waals surface area contributed by atoms with Gasteiger partial charge in [-0.15, -0.1) is 10.2 Å². The van der Waals surface area contributed by atoms with E-state index in [2.05, 4.69) is 15.5 Å². The Labute approximate surface area is 109 Å². The van der Waals surface area contributed by atoms with E-state index in [0.717, 1.165) is 5.56 Å². The van der Waals surface area contributed by atoms with E-state index >= 15 is 0 Å². The van der Waals surface area contributed by atoms with Gasteiger partial charge < -0.3 is 5.32 Å². The lowest BCUT2D eigenvalue weighted by Gasteiger charge is -1.99. The zero-order chi connectivity index (χ0) is 12.8. The monoisotopic (exact) mass is 259 g/mol. The highest BCUT2D eigenvalue weighted by Crippen LogP contribution is 2.06. The van der Waals surface area contributed by atoms with Gasteiger partial charge in [0.25, 0.3) is 0 Å². The third-order valence-electron chi connectivity index (χ3n) is 2.11. The fraction of sp³-hybridized carbons (Fsp3) is 0. The Morgan fingerprint density at radius 1 is 1.11 bits per heavy atom. The average Bonchev–Trinajstić information content (AvgIpc) is 2.40. The molecular weight excluding hydrogens is 250 g/mol. The third kappa shape index (κ3) is 3.68. The second-order valence-electron chi connectivity index (χ2n) is 3.47. The summed E-state index contributed by atoms with van der Waals surface area (Å²) in [4.78, 5) is 11.6. The van der Waals surface area contributed by atoms with Crippen LogP contribution in [0.3, 0.4) is 0 Å². The smallest absolute Gasteiger partial charge is 0.249 e. The summed E-state index contributed by atoms with van der Waals surface area (Å²) < 4.78 is 0.